The van der Waals surface area contributed by atoms with Crippen LogP contribution in [0.15, 0.2) is 0 Å². The van der Waals surface area contributed by atoms with Crippen molar-refractivity contribution in [2.75, 3.05) is 5.75 Å². The highest BCUT2D eigenvalue weighted by Crippen LogP contribution is 1.97. The van der Waals surface area contributed by atoms with Crippen LogP contribution in [0, 0.1) is 0 Å². The molecule has 0 fully saturated rings. The molecule has 0 aromatic carbocycles. The van der Waals surface area contributed by atoms with Gasteiger partial charge in [0.05, 0.1) is 11.0 Å². The maximum atomic E-state index is 10.4. The molecule has 0 saturated heterocycles. The molecule has 6 nitrogen and oxygen atoms in total. The van der Waals surface area contributed by atoms with Crippen molar-refractivity contribution in [3.8, 4) is 0 Å². The molecule has 0 radical (unpaired) electrons. The lowest BCUT2D eigenvalue weighted by Gasteiger charge is -2.04. The molecule has 0 aliphatic heterocycles. The van der Waals surface area contributed by atoms with Crippen LogP contribution in [0.4, 0.5) is 0 Å². The Bertz CT molecular complexity index is 314. The van der Waals surface area contributed by atoms with Gasteiger partial charge in [-0.1, -0.05) is 0 Å². The Morgan fingerprint density at radius 1 is 1.36 bits per heavy atom. The molecule has 0 spiro atoms. The van der Waals surface area contributed by atoms with E-state index in [1.165, 1.54) is 0 Å². The van der Waals surface area contributed by atoms with Gasteiger partial charge in [0.1, 0.15) is 0 Å². The predicted octanol–water partition coefficient (Wildman–Crippen LogP) is -1.45. The molecule has 11 heavy (non-hydrogen) atoms. The lowest BCUT2D eigenvalue weighted by molar-refractivity contribution is 0.481. The van der Waals surface area contributed by atoms with Crippen molar-refractivity contribution in [1.82, 2.24) is 0 Å². The summed E-state index contributed by atoms with van der Waals surface area (Å²) in [5.74, 6) is -0.869. The molecule has 1 unspecified atom stereocenters. The number of rotatable bonds is 3. The van der Waals surface area contributed by atoms with Crippen molar-refractivity contribution in [2.24, 2.45) is 5.14 Å². The van der Waals surface area contributed by atoms with Crippen LogP contribution in [0.3, 0.4) is 0 Å². The number of hydrogen-bond acceptors (Lipinski definition) is 4. The molecule has 0 saturated carbocycles. The van der Waals surface area contributed by atoms with Gasteiger partial charge in [0.25, 0.3) is 10.1 Å². The summed E-state index contributed by atoms with van der Waals surface area (Å²) < 4.78 is 49.3. The quantitative estimate of drug-likeness (QED) is 0.544. The Labute approximate surface area is 65.2 Å². The Hall–Kier alpha value is -0.180. The normalized spacial score (nSPS) is 16.3. The zero-order chi connectivity index (χ0) is 9.28. The Morgan fingerprint density at radius 2 is 1.73 bits per heavy atom. The van der Waals surface area contributed by atoms with E-state index in [-0.39, 0.29) is 0 Å². The van der Waals surface area contributed by atoms with E-state index in [2.05, 4.69) is 5.14 Å². The Balaban J connectivity index is 4.47. The minimum absolute atomic E-state index is 0.869. The van der Waals surface area contributed by atoms with E-state index >= 15 is 0 Å². The monoisotopic (exact) mass is 203 g/mol. The van der Waals surface area contributed by atoms with Crippen molar-refractivity contribution >= 4 is 20.1 Å². The molecule has 0 amide bonds. The van der Waals surface area contributed by atoms with Gasteiger partial charge in [-0.2, -0.15) is 8.42 Å². The first kappa shape index (κ1) is 10.8. The van der Waals surface area contributed by atoms with Gasteiger partial charge in [-0.3, -0.25) is 4.55 Å². The van der Waals surface area contributed by atoms with Crippen LogP contribution in [0.5, 0.6) is 0 Å². The average Bonchev–Trinajstić information content (AvgIpc) is 1.56. The van der Waals surface area contributed by atoms with Crippen LogP contribution in [-0.4, -0.2) is 32.4 Å². The minimum atomic E-state index is -4.27. The van der Waals surface area contributed by atoms with Crippen LogP contribution in [0.25, 0.3) is 0 Å². The van der Waals surface area contributed by atoms with E-state index in [1.54, 1.807) is 0 Å². The zero-order valence-electron chi connectivity index (χ0n) is 5.76. The molecule has 0 aliphatic rings. The van der Waals surface area contributed by atoms with Crippen molar-refractivity contribution in [3.05, 3.63) is 0 Å². The molecule has 0 aromatic heterocycles. The van der Waals surface area contributed by atoms with Crippen LogP contribution >= 0.6 is 0 Å². The first-order chi connectivity index (χ1) is 4.63. The van der Waals surface area contributed by atoms with Crippen molar-refractivity contribution in [1.29, 1.82) is 0 Å². The zero-order valence-corrected chi connectivity index (χ0v) is 7.39. The molecule has 8 heteroatoms. The number of nitrogens with two attached hydrogens (primary N) is 1. The van der Waals surface area contributed by atoms with Crippen molar-refractivity contribution in [2.45, 2.75) is 12.2 Å². The molecule has 68 valence electrons. The van der Waals surface area contributed by atoms with E-state index in [9.17, 15) is 16.8 Å². The second-order valence-corrected chi connectivity index (χ2v) is 5.63. The highest BCUT2D eigenvalue weighted by atomic mass is 32.2. The fourth-order valence-electron chi connectivity index (χ4n) is 0.391. The topological polar surface area (TPSA) is 115 Å². The molecule has 0 bridgehead atoms. The first-order valence-electron chi connectivity index (χ1n) is 2.59. The average molecular weight is 203 g/mol. The lowest BCUT2D eigenvalue weighted by atomic mass is 10.6. The first-order valence-corrected chi connectivity index (χ1v) is 5.81. The smallest absolute Gasteiger partial charge is 0.266 e. The van der Waals surface area contributed by atoms with E-state index in [4.69, 9.17) is 4.55 Å². The summed E-state index contributed by atoms with van der Waals surface area (Å²) in [6, 6.07) is 0. The number of hydrogen-bond donors (Lipinski definition) is 2. The summed E-state index contributed by atoms with van der Waals surface area (Å²) in [4.78, 5) is 0. The third-order valence-corrected chi connectivity index (χ3v) is 3.43. The van der Waals surface area contributed by atoms with E-state index < -0.39 is 31.1 Å². The highest BCUT2D eigenvalue weighted by molar-refractivity contribution is 7.92. The largest absolute Gasteiger partial charge is 0.286 e. The molecule has 0 rings (SSSR count). The van der Waals surface area contributed by atoms with Crippen molar-refractivity contribution < 1.29 is 21.4 Å². The molecule has 1 atom stereocenters. The summed E-state index contributed by atoms with van der Waals surface area (Å²) in [7, 11) is -8.14. The summed E-state index contributed by atoms with van der Waals surface area (Å²) in [5, 5.41) is 3.30. The SMILES string of the molecule is CC(CS(=O)(=O)O)S(N)(=O)=O. The number of sulfonamides is 1. The fourth-order valence-corrected chi connectivity index (χ4v) is 2.26. The van der Waals surface area contributed by atoms with Gasteiger partial charge in [-0.15, -0.1) is 0 Å². The van der Waals surface area contributed by atoms with Gasteiger partial charge >= 0.3 is 0 Å². The third kappa shape index (κ3) is 5.13. The van der Waals surface area contributed by atoms with Crippen LogP contribution in [0.2, 0.25) is 0 Å². The summed E-state index contributed by atoms with van der Waals surface area (Å²) in [5.41, 5.74) is 0. The molecule has 0 heterocycles. The molecule has 0 aromatic rings. The minimum Gasteiger partial charge on any atom is -0.286 e. The molecule has 3 N–H and O–H groups in total. The van der Waals surface area contributed by atoms with Gasteiger partial charge in [0.2, 0.25) is 10.0 Å². The molecular weight excluding hydrogens is 194 g/mol. The van der Waals surface area contributed by atoms with E-state index in [1.807, 2.05) is 0 Å². The van der Waals surface area contributed by atoms with E-state index in [0.717, 1.165) is 6.92 Å². The lowest BCUT2D eigenvalue weighted by Crippen LogP contribution is -2.31. The second-order valence-electron chi connectivity index (χ2n) is 2.15. The van der Waals surface area contributed by atoms with Crippen LogP contribution in [-0.2, 0) is 20.1 Å². The van der Waals surface area contributed by atoms with Gasteiger partial charge in [-0.25, -0.2) is 13.6 Å². The fraction of sp³-hybridized carbons (Fsp3) is 1.00. The van der Waals surface area contributed by atoms with Crippen LogP contribution < -0.4 is 5.14 Å². The van der Waals surface area contributed by atoms with Gasteiger partial charge in [-0.05, 0) is 6.92 Å². The predicted molar refractivity (Wildman–Crippen MR) is 39.0 cm³/mol. The second kappa shape index (κ2) is 3.05. The number of primary sulfonamides is 1. The Kier molecular flexibility index (Phi) is 3.00. The van der Waals surface area contributed by atoms with Gasteiger partial charge < -0.3 is 0 Å². The standard InChI is InChI=1S/C3H9NO5S2/c1-3(11(4,8)9)2-10(5,6)7/h3H,2H2,1H3,(H2,4,8,9)(H,5,6,7). The summed E-state index contributed by atoms with van der Waals surface area (Å²) >= 11 is 0. The highest BCUT2D eigenvalue weighted by Gasteiger charge is 2.21. The van der Waals surface area contributed by atoms with Gasteiger partial charge in [0, 0.05) is 0 Å². The summed E-state index contributed by atoms with van der Waals surface area (Å²) in [6.45, 7) is 1.10. The maximum absolute atomic E-state index is 10.4. The van der Waals surface area contributed by atoms with E-state index in [0.29, 0.717) is 0 Å². The summed E-state index contributed by atoms with van der Waals surface area (Å²) in [6.07, 6.45) is 0. The van der Waals surface area contributed by atoms with Crippen molar-refractivity contribution in [3.63, 3.8) is 0 Å². The molecular formula is C3H9NO5S2. The Morgan fingerprint density at radius 3 is 1.82 bits per heavy atom. The maximum Gasteiger partial charge on any atom is 0.266 e. The van der Waals surface area contributed by atoms with Gasteiger partial charge in [0.15, 0.2) is 0 Å². The van der Waals surface area contributed by atoms with Crippen LogP contribution in [0.1, 0.15) is 6.92 Å². The third-order valence-electron chi connectivity index (χ3n) is 1.01. The molecule has 0 aliphatic carbocycles.